The Balaban J connectivity index is 2.20. The van der Waals surface area contributed by atoms with Gasteiger partial charge in [-0.25, -0.2) is 4.98 Å². The topological polar surface area (TPSA) is 125 Å². The molecule has 0 amide bonds. The van der Waals surface area contributed by atoms with Gasteiger partial charge in [0.15, 0.2) is 0 Å². The fourth-order valence-electron chi connectivity index (χ4n) is 3.71. The number of nitrogens with zero attached hydrogens (tertiary/aromatic N) is 3. The lowest BCUT2D eigenvalue weighted by Crippen LogP contribution is -2.15. The Kier molecular flexibility index (Phi) is 9.71. The summed E-state index contributed by atoms with van der Waals surface area (Å²) in [5.74, 6) is -0.533. The van der Waals surface area contributed by atoms with Gasteiger partial charge in [-0.3, -0.25) is 4.79 Å². The number of phenolic OH excluding ortho intramolecular Hbond substituents is 1. The van der Waals surface area contributed by atoms with Gasteiger partial charge in [-0.2, -0.15) is 4.98 Å². The maximum Gasteiger partial charge on any atom is 0.310 e. The van der Waals surface area contributed by atoms with Crippen molar-refractivity contribution >= 4 is 17.7 Å². The van der Waals surface area contributed by atoms with E-state index < -0.39 is 11.9 Å². The van der Waals surface area contributed by atoms with Crippen LogP contribution in [0.2, 0.25) is 0 Å². The van der Waals surface area contributed by atoms with E-state index in [4.69, 9.17) is 5.73 Å². The number of hydrogen-bond acceptors (Lipinski definition) is 7. The lowest BCUT2D eigenvalue weighted by atomic mass is 9.91. The molecule has 1 aromatic heterocycles. The summed E-state index contributed by atoms with van der Waals surface area (Å²) in [6.45, 7) is 5.69. The molecule has 0 bridgehead atoms. The highest BCUT2D eigenvalue weighted by molar-refractivity contribution is 5.76. The number of anilines is 2. The second-order valence-electron chi connectivity index (χ2n) is 8.53. The van der Waals surface area contributed by atoms with Gasteiger partial charge in [-0.05, 0) is 64.0 Å². The molecule has 1 atom stereocenters. The molecule has 0 aliphatic rings. The molecule has 176 valence electrons. The molecule has 0 aliphatic carbocycles. The largest absolute Gasteiger partial charge is 0.508 e. The SMILES string of the molecule is CCCCNc1nc(N)nc(C)c1Cc1ccc(C(CCCCN(C)C)C(=O)O)cc1O. The van der Waals surface area contributed by atoms with Gasteiger partial charge in [0.05, 0.1) is 5.92 Å². The van der Waals surface area contributed by atoms with E-state index in [2.05, 4.69) is 27.1 Å². The third-order valence-corrected chi connectivity index (χ3v) is 5.58. The molecule has 0 saturated carbocycles. The van der Waals surface area contributed by atoms with Crippen LogP contribution in [0.1, 0.15) is 67.3 Å². The van der Waals surface area contributed by atoms with Crippen LogP contribution in [0.5, 0.6) is 5.75 Å². The number of aromatic hydroxyl groups is 1. The van der Waals surface area contributed by atoms with Crippen molar-refractivity contribution in [2.45, 2.75) is 58.3 Å². The van der Waals surface area contributed by atoms with E-state index in [1.54, 1.807) is 18.2 Å². The Morgan fingerprint density at radius 3 is 2.59 bits per heavy atom. The van der Waals surface area contributed by atoms with E-state index >= 15 is 0 Å². The summed E-state index contributed by atoms with van der Waals surface area (Å²) in [6, 6.07) is 5.18. The summed E-state index contributed by atoms with van der Waals surface area (Å²) in [4.78, 5) is 22.5. The number of carboxylic acid groups (broad SMARTS) is 1. The molecule has 2 rings (SSSR count). The van der Waals surface area contributed by atoms with Gasteiger partial charge in [0.2, 0.25) is 5.95 Å². The lowest BCUT2D eigenvalue weighted by Gasteiger charge is -2.17. The second kappa shape index (κ2) is 12.2. The number of carboxylic acids is 1. The molecular formula is C24H37N5O3. The predicted octanol–water partition coefficient (Wildman–Crippen LogP) is 3.78. The molecule has 0 spiro atoms. The van der Waals surface area contributed by atoms with Crippen molar-refractivity contribution in [2.75, 3.05) is 38.2 Å². The lowest BCUT2D eigenvalue weighted by molar-refractivity contribution is -0.139. The van der Waals surface area contributed by atoms with Crippen LogP contribution in [0.15, 0.2) is 18.2 Å². The average Bonchev–Trinajstić information content (AvgIpc) is 2.71. The number of carbonyl (C=O) groups is 1. The standard InChI is InChI=1S/C24H37N5O3/c1-5-6-12-26-22-20(16(2)27-24(25)28-22)14-18-11-10-17(15-21(18)30)19(23(31)32)9-7-8-13-29(3)4/h10-11,15,19,30H,5-9,12-14H2,1-4H3,(H,31,32)(H3,25,26,27,28). The average molecular weight is 444 g/mol. The quantitative estimate of drug-likeness (QED) is 0.345. The summed E-state index contributed by atoms with van der Waals surface area (Å²) in [7, 11) is 4.01. The van der Waals surface area contributed by atoms with Crippen molar-refractivity contribution in [3.63, 3.8) is 0 Å². The first kappa shape index (κ1) is 25.4. The van der Waals surface area contributed by atoms with Gasteiger partial charge in [0, 0.05) is 24.2 Å². The molecule has 8 heteroatoms. The van der Waals surface area contributed by atoms with Crippen molar-refractivity contribution in [2.24, 2.45) is 0 Å². The van der Waals surface area contributed by atoms with Gasteiger partial charge >= 0.3 is 5.97 Å². The zero-order valence-electron chi connectivity index (χ0n) is 19.7. The molecule has 0 fully saturated rings. The van der Waals surface area contributed by atoms with E-state index in [0.29, 0.717) is 29.8 Å². The summed E-state index contributed by atoms with van der Waals surface area (Å²) < 4.78 is 0. The molecule has 0 radical (unpaired) electrons. The summed E-state index contributed by atoms with van der Waals surface area (Å²) >= 11 is 0. The Labute approximate surface area is 190 Å². The number of aryl methyl sites for hydroxylation is 1. The van der Waals surface area contributed by atoms with Crippen LogP contribution < -0.4 is 11.1 Å². The summed E-state index contributed by atoms with van der Waals surface area (Å²) in [6.07, 6.45) is 4.78. The summed E-state index contributed by atoms with van der Waals surface area (Å²) in [5, 5.41) is 23.7. The van der Waals surface area contributed by atoms with Crippen LogP contribution in [-0.2, 0) is 11.2 Å². The van der Waals surface area contributed by atoms with Gasteiger partial charge in [-0.15, -0.1) is 0 Å². The normalized spacial score (nSPS) is 12.2. The molecule has 8 nitrogen and oxygen atoms in total. The molecular weight excluding hydrogens is 406 g/mol. The third kappa shape index (κ3) is 7.37. The first-order valence-electron chi connectivity index (χ1n) is 11.3. The molecule has 32 heavy (non-hydrogen) atoms. The molecule has 2 aromatic rings. The summed E-state index contributed by atoms with van der Waals surface area (Å²) in [5.41, 5.74) is 8.78. The fraction of sp³-hybridized carbons (Fsp3) is 0.542. The van der Waals surface area contributed by atoms with E-state index in [1.165, 1.54) is 0 Å². The van der Waals surface area contributed by atoms with Crippen molar-refractivity contribution in [3.05, 3.63) is 40.6 Å². The fourth-order valence-corrected chi connectivity index (χ4v) is 3.71. The zero-order valence-corrected chi connectivity index (χ0v) is 19.7. The maximum absolute atomic E-state index is 11.8. The molecule has 0 saturated heterocycles. The Bertz CT molecular complexity index is 901. The Hall–Kier alpha value is -2.87. The number of aromatic nitrogens is 2. The Morgan fingerprint density at radius 1 is 1.22 bits per heavy atom. The van der Waals surface area contributed by atoms with Crippen molar-refractivity contribution < 1.29 is 15.0 Å². The number of aliphatic carboxylic acids is 1. The molecule has 5 N–H and O–H groups in total. The number of rotatable bonds is 13. The van der Waals surface area contributed by atoms with Crippen molar-refractivity contribution in [3.8, 4) is 5.75 Å². The number of unbranched alkanes of at least 4 members (excludes halogenated alkanes) is 2. The monoisotopic (exact) mass is 443 g/mol. The van der Waals surface area contributed by atoms with E-state index in [0.717, 1.165) is 50.0 Å². The Morgan fingerprint density at radius 2 is 1.97 bits per heavy atom. The first-order chi connectivity index (χ1) is 15.2. The van der Waals surface area contributed by atoms with Crippen LogP contribution in [0.4, 0.5) is 11.8 Å². The van der Waals surface area contributed by atoms with Crippen LogP contribution in [0.3, 0.4) is 0 Å². The smallest absolute Gasteiger partial charge is 0.310 e. The molecule has 0 aliphatic heterocycles. The highest BCUT2D eigenvalue weighted by atomic mass is 16.4. The molecule has 1 heterocycles. The highest BCUT2D eigenvalue weighted by Crippen LogP contribution is 2.31. The third-order valence-electron chi connectivity index (χ3n) is 5.58. The maximum atomic E-state index is 11.8. The van der Waals surface area contributed by atoms with Crippen LogP contribution >= 0.6 is 0 Å². The van der Waals surface area contributed by atoms with E-state index in [9.17, 15) is 15.0 Å². The van der Waals surface area contributed by atoms with Gasteiger partial charge in [0.1, 0.15) is 11.6 Å². The minimum Gasteiger partial charge on any atom is -0.508 e. The number of nitrogen functional groups attached to an aromatic ring is 1. The van der Waals surface area contributed by atoms with Gasteiger partial charge in [0.25, 0.3) is 0 Å². The highest BCUT2D eigenvalue weighted by Gasteiger charge is 2.21. The van der Waals surface area contributed by atoms with Crippen LogP contribution in [-0.4, -0.2) is 58.2 Å². The predicted molar refractivity (Wildman–Crippen MR) is 128 cm³/mol. The van der Waals surface area contributed by atoms with E-state index in [-0.39, 0.29) is 11.7 Å². The number of nitrogens with two attached hydrogens (primary N) is 1. The molecule has 1 unspecified atom stereocenters. The van der Waals surface area contributed by atoms with Crippen LogP contribution in [0, 0.1) is 6.92 Å². The number of benzene rings is 1. The van der Waals surface area contributed by atoms with Crippen molar-refractivity contribution in [1.29, 1.82) is 0 Å². The first-order valence-corrected chi connectivity index (χ1v) is 11.3. The molecule has 1 aromatic carbocycles. The van der Waals surface area contributed by atoms with Gasteiger partial charge < -0.3 is 26.2 Å². The number of phenols is 1. The zero-order chi connectivity index (χ0) is 23.7. The van der Waals surface area contributed by atoms with Crippen LogP contribution in [0.25, 0.3) is 0 Å². The minimum atomic E-state index is -0.868. The van der Waals surface area contributed by atoms with Crippen molar-refractivity contribution in [1.82, 2.24) is 14.9 Å². The number of nitrogens with one attached hydrogen (secondary N) is 1. The van der Waals surface area contributed by atoms with Gasteiger partial charge in [-0.1, -0.05) is 31.9 Å². The minimum absolute atomic E-state index is 0.0813. The number of hydrogen-bond donors (Lipinski definition) is 4. The second-order valence-corrected chi connectivity index (χ2v) is 8.53. The van der Waals surface area contributed by atoms with E-state index in [1.807, 2.05) is 21.0 Å².